The van der Waals surface area contributed by atoms with E-state index in [-0.39, 0.29) is 0 Å². The van der Waals surface area contributed by atoms with E-state index >= 15 is 0 Å². The Labute approximate surface area is 277 Å². The van der Waals surface area contributed by atoms with Crippen molar-refractivity contribution in [3.63, 3.8) is 0 Å². The third-order valence-corrected chi connectivity index (χ3v) is 10.9. The first-order valence-electron chi connectivity index (χ1n) is 15.4. The summed E-state index contributed by atoms with van der Waals surface area (Å²) in [5, 5.41) is 5.63. The van der Waals surface area contributed by atoms with Crippen LogP contribution in [0.25, 0.3) is 96.8 Å². The number of fused-ring (bicyclic) bond motifs is 7. The zero-order valence-electron chi connectivity index (χ0n) is 24.8. The molecule has 4 aromatic heterocycles. The molecule has 0 N–H and O–H groups in total. The molecule has 0 aliphatic rings. The molecule has 0 unspecified atom stereocenters. The normalized spacial score (nSPS) is 11.8. The molecule has 47 heavy (non-hydrogen) atoms. The molecule has 0 aliphatic carbocycles. The van der Waals surface area contributed by atoms with Crippen molar-refractivity contribution < 1.29 is 4.42 Å². The van der Waals surface area contributed by atoms with Gasteiger partial charge in [-0.15, -0.1) is 22.7 Å². The second-order valence-corrected chi connectivity index (χ2v) is 13.7. The second kappa shape index (κ2) is 10.4. The Bertz CT molecular complexity index is 2800. The van der Waals surface area contributed by atoms with Gasteiger partial charge in [-0.1, -0.05) is 97.1 Å². The van der Waals surface area contributed by atoms with Gasteiger partial charge in [0.05, 0.1) is 21.6 Å². The zero-order chi connectivity index (χ0) is 30.9. The smallest absolute Gasteiger partial charge is 0.161 e. The highest BCUT2D eigenvalue weighted by Gasteiger charge is 2.18. The maximum Gasteiger partial charge on any atom is 0.161 e. The van der Waals surface area contributed by atoms with Crippen molar-refractivity contribution >= 4 is 75.0 Å². The van der Waals surface area contributed by atoms with Crippen LogP contribution < -0.4 is 0 Å². The number of thiophene rings is 1. The highest BCUT2D eigenvalue weighted by atomic mass is 32.1. The SMILES string of the molecule is c1ccc(-c2cc(-c3ccc4c(c3)oc3ccccc34)nc(-c3cccc4sc5cc6nc(-c7ccccc7)sc6cc5c34)n2)cc1. The minimum absolute atomic E-state index is 0.700. The number of para-hydroxylation sites is 1. The molecule has 6 heteroatoms. The summed E-state index contributed by atoms with van der Waals surface area (Å²) in [6, 6.07) is 48.3. The van der Waals surface area contributed by atoms with Crippen molar-refractivity contribution in [2.24, 2.45) is 0 Å². The maximum atomic E-state index is 6.26. The summed E-state index contributed by atoms with van der Waals surface area (Å²) in [5.41, 5.74) is 8.68. The molecular weight excluding hydrogens is 615 g/mol. The Balaban J connectivity index is 1.19. The largest absolute Gasteiger partial charge is 0.456 e. The van der Waals surface area contributed by atoms with Crippen molar-refractivity contribution in [3.05, 3.63) is 140 Å². The van der Waals surface area contributed by atoms with Crippen LogP contribution in [0.3, 0.4) is 0 Å². The Morgan fingerprint density at radius 1 is 0.447 bits per heavy atom. The number of hydrogen-bond donors (Lipinski definition) is 0. The van der Waals surface area contributed by atoms with Crippen molar-refractivity contribution in [1.82, 2.24) is 15.0 Å². The fourth-order valence-corrected chi connectivity index (χ4v) is 8.63. The molecule has 0 amide bonds. The average Bonchev–Trinajstić information content (AvgIpc) is 3.83. The minimum Gasteiger partial charge on any atom is -0.456 e. The van der Waals surface area contributed by atoms with E-state index in [4.69, 9.17) is 19.4 Å². The number of hydrogen-bond acceptors (Lipinski definition) is 6. The molecule has 10 aromatic rings. The molecule has 220 valence electrons. The van der Waals surface area contributed by atoms with Gasteiger partial charge in [-0.2, -0.15) is 0 Å². The lowest BCUT2D eigenvalue weighted by atomic mass is 10.0. The Hall–Kier alpha value is -5.69. The first kappa shape index (κ1) is 26.5. The van der Waals surface area contributed by atoms with Crippen LogP contribution in [0.1, 0.15) is 0 Å². The summed E-state index contributed by atoms with van der Waals surface area (Å²) in [4.78, 5) is 15.4. The second-order valence-electron chi connectivity index (χ2n) is 11.6. The van der Waals surface area contributed by atoms with Crippen LogP contribution in [0.5, 0.6) is 0 Å². The summed E-state index contributed by atoms with van der Waals surface area (Å²) in [6.45, 7) is 0. The third kappa shape index (κ3) is 4.37. The van der Waals surface area contributed by atoms with Crippen LogP contribution in [-0.4, -0.2) is 15.0 Å². The van der Waals surface area contributed by atoms with Gasteiger partial charge in [0, 0.05) is 53.2 Å². The van der Waals surface area contributed by atoms with Crippen LogP contribution in [0.15, 0.2) is 144 Å². The van der Waals surface area contributed by atoms with Gasteiger partial charge in [-0.25, -0.2) is 15.0 Å². The van der Waals surface area contributed by atoms with Crippen molar-refractivity contribution in [3.8, 4) is 44.5 Å². The summed E-state index contributed by atoms with van der Waals surface area (Å²) < 4.78 is 9.84. The number of nitrogens with zero attached hydrogens (tertiary/aromatic N) is 3. The number of thiazole rings is 1. The first-order valence-corrected chi connectivity index (χ1v) is 17.1. The number of furan rings is 1. The summed E-state index contributed by atoms with van der Waals surface area (Å²) in [7, 11) is 0. The lowest BCUT2D eigenvalue weighted by molar-refractivity contribution is 0.669. The Morgan fingerprint density at radius 3 is 2.04 bits per heavy atom. The number of aromatic nitrogens is 3. The van der Waals surface area contributed by atoms with E-state index in [0.717, 1.165) is 66.1 Å². The van der Waals surface area contributed by atoms with Gasteiger partial charge >= 0.3 is 0 Å². The molecule has 0 saturated carbocycles. The molecule has 4 nitrogen and oxygen atoms in total. The van der Waals surface area contributed by atoms with Gasteiger partial charge in [0.1, 0.15) is 16.2 Å². The van der Waals surface area contributed by atoms with Gasteiger partial charge in [0.25, 0.3) is 0 Å². The van der Waals surface area contributed by atoms with E-state index in [1.165, 1.54) is 24.9 Å². The highest BCUT2D eigenvalue weighted by Crippen LogP contribution is 2.43. The predicted octanol–water partition coefficient (Wildman–Crippen LogP) is 12.0. The van der Waals surface area contributed by atoms with Crippen molar-refractivity contribution in [2.75, 3.05) is 0 Å². The number of benzene rings is 6. The zero-order valence-corrected chi connectivity index (χ0v) is 26.5. The average molecular weight is 638 g/mol. The summed E-state index contributed by atoms with van der Waals surface area (Å²) in [6.07, 6.45) is 0. The fraction of sp³-hybridized carbons (Fsp3) is 0. The van der Waals surface area contributed by atoms with Crippen molar-refractivity contribution in [1.29, 1.82) is 0 Å². The highest BCUT2D eigenvalue weighted by molar-refractivity contribution is 7.26. The van der Waals surface area contributed by atoms with Crippen LogP contribution >= 0.6 is 22.7 Å². The van der Waals surface area contributed by atoms with E-state index in [0.29, 0.717) is 5.82 Å². The van der Waals surface area contributed by atoms with Gasteiger partial charge in [0.15, 0.2) is 5.82 Å². The lowest BCUT2D eigenvalue weighted by Gasteiger charge is -2.10. The first-order chi connectivity index (χ1) is 23.2. The van der Waals surface area contributed by atoms with E-state index in [1.807, 2.05) is 42.5 Å². The molecule has 10 rings (SSSR count). The molecular formula is C41H23N3OS2. The predicted molar refractivity (Wildman–Crippen MR) is 197 cm³/mol. The van der Waals surface area contributed by atoms with Gasteiger partial charge in [0.2, 0.25) is 0 Å². The van der Waals surface area contributed by atoms with Gasteiger partial charge in [-0.3, -0.25) is 0 Å². The molecule has 0 bridgehead atoms. The third-order valence-electron chi connectivity index (χ3n) is 8.74. The maximum absolute atomic E-state index is 6.26. The van der Waals surface area contributed by atoms with Crippen LogP contribution in [0.4, 0.5) is 0 Å². The number of rotatable bonds is 4. The lowest BCUT2D eigenvalue weighted by Crippen LogP contribution is -1.96. The van der Waals surface area contributed by atoms with E-state index in [9.17, 15) is 0 Å². The quantitative estimate of drug-likeness (QED) is 0.193. The standard InChI is InChI=1S/C41H23N3OS2/c1-3-10-24(11-4-1)31-22-32(26-18-19-28-27-14-7-8-16-34(27)45-35(28)20-26)43-40(42-31)29-15-9-17-36-39(29)30-21-38-33(23-37(30)46-36)44-41(47-38)25-12-5-2-6-13-25/h1-23H. The van der Waals surface area contributed by atoms with Gasteiger partial charge in [-0.05, 0) is 42.5 Å². The molecule has 0 aliphatic heterocycles. The van der Waals surface area contributed by atoms with Crippen molar-refractivity contribution in [2.45, 2.75) is 0 Å². The fourth-order valence-electron chi connectivity index (χ4n) is 6.50. The molecule has 0 saturated heterocycles. The molecule has 6 aromatic carbocycles. The van der Waals surface area contributed by atoms with Crippen LogP contribution in [0, 0.1) is 0 Å². The van der Waals surface area contributed by atoms with E-state index < -0.39 is 0 Å². The van der Waals surface area contributed by atoms with Gasteiger partial charge < -0.3 is 4.42 Å². The molecule has 4 heterocycles. The topological polar surface area (TPSA) is 51.8 Å². The molecule has 0 spiro atoms. The summed E-state index contributed by atoms with van der Waals surface area (Å²) >= 11 is 3.53. The molecule has 0 radical (unpaired) electrons. The Morgan fingerprint density at radius 2 is 1.19 bits per heavy atom. The summed E-state index contributed by atoms with van der Waals surface area (Å²) in [5.74, 6) is 0.700. The molecule has 0 atom stereocenters. The van der Waals surface area contributed by atoms with E-state index in [2.05, 4.69) is 97.1 Å². The van der Waals surface area contributed by atoms with Crippen LogP contribution in [0.2, 0.25) is 0 Å². The minimum atomic E-state index is 0.700. The monoisotopic (exact) mass is 637 g/mol. The van der Waals surface area contributed by atoms with Crippen LogP contribution in [-0.2, 0) is 0 Å². The van der Waals surface area contributed by atoms with E-state index in [1.54, 1.807) is 22.7 Å². The Kier molecular flexibility index (Phi) is 5.88. The molecule has 0 fully saturated rings.